The smallest absolute Gasteiger partial charge is 0.0967 e. The molecule has 70 valence electrons. The summed E-state index contributed by atoms with van der Waals surface area (Å²) in [4.78, 5) is 4.47. The Hall–Kier alpha value is -0.530. The third kappa shape index (κ3) is 2.84. The molecule has 0 radical (unpaired) electrons. The Bertz CT molecular complexity index is 171. The van der Waals surface area contributed by atoms with Gasteiger partial charge in [-0.05, 0) is 33.1 Å². The van der Waals surface area contributed by atoms with E-state index in [0.717, 1.165) is 19.4 Å². The van der Waals surface area contributed by atoms with Gasteiger partial charge in [0, 0.05) is 18.5 Å². The highest BCUT2D eigenvalue weighted by Gasteiger charge is 2.16. The van der Waals surface area contributed by atoms with E-state index in [1.165, 1.54) is 18.7 Å². The van der Waals surface area contributed by atoms with Crippen LogP contribution in [0.4, 0.5) is 0 Å². The maximum Gasteiger partial charge on any atom is 0.0967 e. The average molecular weight is 168 g/mol. The van der Waals surface area contributed by atoms with Crippen LogP contribution in [0.15, 0.2) is 4.99 Å². The van der Waals surface area contributed by atoms with E-state index in [1.807, 2.05) is 0 Å². The molecular formula is C10H20N2. The summed E-state index contributed by atoms with van der Waals surface area (Å²) in [7, 11) is 0. The summed E-state index contributed by atoms with van der Waals surface area (Å²) in [6.45, 7) is 7.67. The molecule has 0 atom stereocenters. The molecule has 0 saturated heterocycles. The van der Waals surface area contributed by atoms with Crippen molar-refractivity contribution in [2.75, 3.05) is 6.54 Å². The molecule has 0 aromatic heterocycles. The zero-order valence-electron chi connectivity index (χ0n) is 8.48. The first kappa shape index (κ1) is 9.56. The predicted molar refractivity (Wildman–Crippen MR) is 53.7 cm³/mol. The minimum Gasteiger partial charge on any atom is -0.369 e. The van der Waals surface area contributed by atoms with Gasteiger partial charge in [-0.1, -0.05) is 6.92 Å². The van der Waals surface area contributed by atoms with Crippen LogP contribution >= 0.6 is 0 Å². The molecule has 0 fully saturated rings. The number of nitrogens with zero attached hydrogens (tertiary/aromatic N) is 1. The van der Waals surface area contributed by atoms with Gasteiger partial charge in [0.15, 0.2) is 0 Å². The lowest BCUT2D eigenvalue weighted by molar-refractivity contribution is 0.437. The van der Waals surface area contributed by atoms with Gasteiger partial charge in [-0.15, -0.1) is 0 Å². The molecule has 0 unspecified atom stereocenters. The largest absolute Gasteiger partial charge is 0.369 e. The first-order valence-corrected chi connectivity index (χ1v) is 4.95. The van der Waals surface area contributed by atoms with Crippen LogP contribution in [0.3, 0.4) is 0 Å². The first-order chi connectivity index (χ1) is 5.64. The van der Waals surface area contributed by atoms with Crippen molar-refractivity contribution >= 4 is 5.84 Å². The molecule has 0 aliphatic carbocycles. The zero-order chi connectivity index (χ0) is 9.03. The van der Waals surface area contributed by atoms with Gasteiger partial charge in [0.25, 0.3) is 0 Å². The monoisotopic (exact) mass is 168 g/mol. The number of hydrogen-bond acceptors (Lipinski definition) is 2. The third-order valence-electron chi connectivity index (χ3n) is 2.49. The van der Waals surface area contributed by atoms with Crippen molar-refractivity contribution < 1.29 is 0 Å². The summed E-state index contributed by atoms with van der Waals surface area (Å²) in [5.74, 6) is 1.22. The van der Waals surface area contributed by atoms with Crippen molar-refractivity contribution in [1.82, 2.24) is 5.32 Å². The lowest BCUT2D eigenvalue weighted by atomic mass is 10.0. The van der Waals surface area contributed by atoms with Crippen molar-refractivity contribution in [1.29, 1.82) is 0 Å². The molecule has 0 bridgehead atoms. The molecule has 0 amide bonds. The molecule has 0 aromatic rings. The lowest BCUT2D eigenvalue weighted by Crippen LogP contribution is -2.43. The molecule has 2 nitrogen and oxygen atoms in total. The van der Waals surface area contributed by atoms with Crippen LogP contribution in [0.25, 0.3) is 0 Å². The fourth-order valence-corrected chi connectivity index (χ4v) is 1.28. The SMILES string of the molecule is CCC(C)(C)NC1=NCCCC1. The summed E-state index contributed by atoms with van der Waals surface area (Å²) < 4.78 is 0. The maximum atomic E-state index is 4.47. The maximum absolute atomic E-state index is 4.47. The van der Waals surface area contributed by atoms with E-state index in [0.29, 0.717) is 0 Å². The second-order valence-corrected chi connectivity index (χ2v) is 4.15. The fourth-order valence-electron chi connectivity index (χ4n) is 1.28. The molecule has 0 spiro atoms. The van der Waals surface area contributed by atoms with Gasteiger partial charge < -0.3 is 5.32 Å². The van der Waals surface area contributed by atoms with Crippen molar-refractivity contribution in [2.45, 2.75) is 52.0 Å². The van der Waals surface area contributed by atoms with Gasteiger partial charge in [-0.3, -0.25) is 4.99 Å². The Morgan fingerprint density at radius 1 is 1.42 bits per heavy atom. The Morgan fingerprint density at radius 3 is 2.67 bits per heavy atom. The van der Waals surface area contributed by atoms with Gasteiger partial charge in [0.05, 0.1) is 5.84 Å². The standard InChI is InChI=1S/C10H20N2/c1-4-10(2,3)12-9-7-5-6-8-11-9/h4-8H2,1-3H3,(H,11,12). The quantitative estimate of drug-likeness (QED) is 0.672. The van der Waals surface area contributed by atoms with Gasteiger partial charge in [-0.25, -0.2) is 0 Å². The van der Waals surface area contributed by atoms with Crippen LogP contribution in [0.5, 0.6) is 0 Å². The topological polar surface area (TPSA) is 24.4 Å². The van der Waals surface area contributed by atoms with Crippen LogP contribution < -0.4 is 5.32 Å². The van der Waals surface area contributed by atoms with E-state index >= 15 is 0 Å². The van der Waals surface area contributed by atoms with Crippen molar-refractivity contribution in [2.24, 2.45) is 4.99 Å². The number of hydrogen-bond donors (Lipinski definition) is 1. The van der Waals surface area contributed by atoms with Gasteiger partial charge >= 0.3 is 0 Å². The van der Waals surface area contributed by atoms with Crippen molar-refractivity contribution in [3.63, 3.8) is 0 Å². The Labute approximate surface area is 75.5 Å². The molecule has 12 heavy (non-hydrogen) atoms. The Morgan fingerprint density at radius 2 is 2.17 bits per heavy atom. The highest BCUT2D eigenvalue weighted by atomic mass is 15.0. The zero-order valence-corrected chi connectivity index (χ0v) is 8.48. The summed E-state index contributed by atoms with van der Waals surface area (Å²) in [6.07, 6.45) is 4.85. The van der Waals surface area contributed by atoms with Crippen LogP contribution in [0.1, 0.15) is 46.5 Å². The number of amidine groups is 1. The summed E-state index contributed by atoms with van der Waals surface area (Å²) in [6, 6.07) is 0. The molecular weight excluding hydrogens is 148 g/mol. The van der Waals surface area contributed by atoms with Crippen LogP contribution in [-0.4, -0.2) is 17.9 Å². The molecule has 1 aliphatic heterocycles. The Balaban J connectivity index is 2.44. The normalized spacial score (nSPS) is 18.8. The van der Waals surface area contributed by atoms with Crippen LogP contribution in [-0.2, 0) is 0 Å². The van der Waals surface area contributed by atoms with E-state index in [9.17, 15) is 0 Å². The minimum absolute atomic E-state index is 0.218. The van der Waals surface area contributed by atoms with Crippen molar-refractivity contribution in [3.05, 3.63) is 0 Å². The summed E-state index contributed by atoms with van der Waals surface area (Å²) in [5.41, 5.74) is 0.218. The average Bonchev–Trinajstić information content (AvgIpc) is 2.06. The number of rotatable bonds is 2. The minimum atomic E-state index is 0.218. The molecule has 1 rings (SSSR count). The second kappa shape index (κ2) is 3.92. The first-order valence-electron chi connectivity index (χ1n) is 4.95. The van der Waals surface area contributed by atoms with Crippen LogP contribution in [0, 0.1) is 0 Å². The molecule has 0 saturated carbocycles. The predicted octanol–water partition coefficient (Wildman–Crippen LogP) is 2.35. The van der Waals surface area contributed by atoms with Gasteiger partial charge in [-0.2, -0.15) is 0 Å². The van der Waals surface area contributed by atoms with E-state index in [-0.39, 0.29) is 5.54 Å². The van der Waals surface area contributed by atoms with E-state index in [2.05, 4.69) is 31.1 Å². The number of nitrogens with one attached hydrogen (secondary N) is 1. The van der Waals surface area contributed by atoms with Gasteiger partial charge in [0.1, 0.15) is 0 Å². The van der Waals surface area contributed by atoms with Gasteiger partial charge in [0.2, 0.25) is 0 Å². The summed E-state index contributed by atoms with van der Waals surface area (Å²) >= 11 is 0. The van der Waals surface area contributed by atoms with E-state index in [4.69, 9.17) is 0 Å². The van der Waals surface area contributed by atoms with E-state index in [1.54, 1.807) is 0 Å². The van der Waals surface area contributed by atoms with Crippen LogP contribution in [0.2, 0.25) is 0 Å². The summed E-state index contributed by atoms with van der Waals surface area (Å²) in [5, 5.41) is 3.49. The second-order valence-electron chi connectivity index (χ2n) is 4.15. The van der Waals surface area contributed by atoms with E-state index < -0.39 is 0 Å². The highest BCUT2D eigenvalue weighted by molar-refractivity contribution is 5.83. The highest BCUT2D eigenvalue weighted by Crippen LogP contribution is 2.11. The lowest BCUT2D eigenvalue weighted by Gasteiger charge is -2.28. The fraction of sp³-hybridized carbons (Fsp3) is 0.900. The molecule has 2 heteroatoms. The molecule has 1 heterocycles. The molecule has 0 aromatic carbocycles. The number of aliphatic imine (C=N–C) groups is 1. The van der Waals surface area contributed by atoms with Crippen molar-refractivity contribution in [3.8, 4) is 0 Å². The Kier molecular flexibility index (Phi) is 3.12. The molecule has 1 aliphatic rings. The third-order valence-corrected chi connectivity index (χ3v) is 2.49. The molecule has 1 N–H and O–H groups in total.